The molecular formula is C26H40O5. The van der Waals surface area contributed by atoms with Crippen LogP contribution in [-0.2, 0) is 16.0 Å². The first-order chi connectivity index (χ1) is 14.9. The third-order valence-electron chi connectivity index (χ3n) is 6.16. The predicted molar refractivity (Wildman–Crippen MR) is 122 cm³/mol. The van der Waals surface area contributed by atoms with Crippen LogP contribution in [0.3, 0.4) is 0 Å². The molecule has 5 nitrogen and oxygen atoms in total. The molecule has 0 saturated heterocycles. The largest absolute Gasteiger partial charge is 0.463 e. The minimum atomic E-state index is -0.513. The highest BCUT2D eigenvalue weighted by Gasteiger charge is 2.40. The van der Waals surface area contributed by atoms with E-state index in [1.165, 1.54) is 5.56 Å². The average molecular weight is 433 g/mol. The monoisotopic (exact) mass is 432 g/mol. The highest BCUT2D eigenvalue weighted by Crippen LogP contribution is 2.38. The van der Waals surface area contributed by atoms with Crippen LogP contribution < -0.4 is 0 Å². The third-order valence-corrected chi connectivity index (χ3v) is 6.16. The van der Waals surface area contributed by atoms with Crippen molar-refractivity contribution in [2.24, 2.45) is 11.8 Å². The fraction of sp³-hybridized carbons (Fsp3) is 0.654. The number of rotatable bonds is 13. The maximum atomic E-state index is 11.5. The number of aliphatic hydroxyl groups excluding tert-OH is 3. The fourth-order valence-electron chi connectivity index (χ4n) is 4.47. The van der Waals surface area contributed by atoms with Crippen LogP contribution in [0.4, 0.5) is 0 Å². The number of esters is 1. The Bertz CT molecular complexity index is 657. The van der Waals surface area contributed by atoms with Gasteiger partial charge in [0.05, 0.1) is 24.4 Å². The number of aryl methyl sites for hydroxylation is 1. The van der Waals surface area contributed by atoms with Crippen LogP contribution in [0.2, 0.25) is 0 Å². The molecule has 1 aliphatic carbocycles. The van der Waals surface area contributed by atoms with Crippen molar-refractivity contribution in [3.63, 3.8) is 0 Å². The Hall–Kier alpha value is -1.69. The highest BCUT2D eigenvalue weighted by molar-refractivity contribution is 5.69. The van der Waals surface area contributed by atoms with Crippen molar-refractivity contribution in [2.75, 3.05) is 0 Å². The summed E-state index contributed by atoms with van der Waals surface area (Å²) in [7, 11) is 0. The van der Waals surface area contributed by atoms with Crippen molar-refractivity contribution in [1.82, 2.24) is 0 Å². The van der Waals surface area contributed by atoms with Gasteiger partial charge in [0.2, 0.25) is 0 Å². The highest BCUT2D eigenvalue weighted by atomic mass is 16.5. The SMILES string of the molecule is CC(C)OC(=O)CCCC=CCC1C(CC[C@@H](O)CCc2ccccc2)[C@H](O)C[C@@H]1O. The Morgan fingerprint density at radius 2 is 1.81 bits per heavy atom. The molecule has 0 radical (unpaired) electrons. The minimum Gasteiger partial charge on any atom is -0.463 e. The smallest absolute Gasteiger partial charge is 0.306 e. The summed E-state index contributed by atoms with van der Waals surface area (Å²) in [6.45, 7) is 3.69. The molecule has 174 valence electrons. The fourth-order valence-corrected chi connectivity index (χ4v) is 4.47. The van der Waals surface area contributed by atoms with Crippen molar-refractivity contribution < 1.29 is 24.9 Å². The molecule has 0 heterocycles. The molecule has 0 bridgehead atoms. The topological polar surface area (TPSA) is 87.0 Å². The molecule has 5 atom stereocenters. The van der Waals surface area contributed by atoms with Gasteiger partial charge in [-0.1, -0.05) is 42.5 Å². The van der Waals surface area contributed by atoms with Gasteiger partial charge in [0.1, 0.15) is 0 Å². The lowest BCUT2D eigenvalue weighted by atomic mass is 9.85. The van der Waals surface area contributed by atoms with Gasteiger partial charge in [-0.3, -0.25) is 4.79 Å². The van der Waals surface area contributed by atoms with Gasteiger partial charge in [-0.25, -0.2) is 0 Å². The lowest BCUT2D eigenvalue weighted by molar-refractivity contribution is -0.147. The van der Waals surface area contributed by atoms with E-state index in [-0.39, 0.29) is 23.9 Å². The summed E-state index contributed by atoms with van der Waals surface area (Å²) in [5.74, 6) is -0.144. The van der Waals surface area contributed by atoms with Crippen molar-refractivity contribution in [1.29, 1.82) is 0 Å². The normalized spacial score (nSPS) is 24.7. The zero-order valence-corrected chi connectivity index (χ0v) is 19.0. The van der Waals surface area contributed by atoms with Gasteiger partial charge in [-0.2, -0.15) is 0 Å². The Morgan fingerprint density at radius 1 is 1.10 bits per heavy atom. The molecule has 31 heavy (non-hydrogen) atoms. The lowest BCUT2D eigenvalue weighted by Gasteiger charge is -2.23. The maximum Gasteiger partial charge on any atom is 0.306 e. The average Bonchev–Trinajstić information content (AvgIpc) is 3.00. The first kappa shape index (κ1) is 25.6. The maximum absolute atomic E-state index is 11.5. The summed E-state index contributed by atoms with van der Waals surface area (Å²) < 4.78 is 5.12. The molecule has 2 rings (SSSR count). The van der Waals surface area contributed by atoms with E-state index in [1.54, 1.807) is 0 Å². The van der Waals surface area contributed by atoms with Crippen LogP contribution in [0.15, 0.2) is 42.5 Å². The van der Waals surface area contributed by atoms with Crippen molar-refractivity contribution in [3.8, 4) is 0 Å². The van der Waals surface area contributed by atoms with Gasteiger partial charge in [-0.15, -0.1) is 0 Å². The standard InChI is InChI=1S/C26H40O5/c1-19(2)31-26(30)13-9-4-3-8-12-22-23(25(29)18-24(22)28)17-16-21(27)15-14-20-10-6-5-7-11-20/h3,5-8,10-11,19,21-25,27-29H,4,9,12-18H2,1-2H3/t21-,22?,23?,24-,25+/m0/s1. The number of unbranched alkanes of at least 4 members (excludes halogenated alkanes) is 1. The van der Waals surface area contributed by atoms with E-state index >= 15 is 0 Å². The Labute approximate surface area is 187 Å². The van der Waals surface area contributed by atoms with Crippen molar-refractivity contribution in [3.05, 3.63) is 48.0 Å². The molecule has 0 aromatic heterocycles. The van der Waals surface area contributed by atoms with Gasteiger partial charge in [0.15, 0.2) is 0 Å². The Morgan fingerprint density at radius 3 is 2.52 bits per heavy atom. The van der Waals surface area contributed by atoms with Gasteiger partial charge in [0, 0.05) is 6.42 Å². The summed E-state index contributed by atoms with van der Waals surface area (Å²) in [5, 5.41) is 31.2. The number of hydrogen-bond donors (Lipinski definition) is 3. The van der Waals surface area contributed by atoms with Crippen LogP contribution in [-0.4, -0.2) is 45.7 Å². The second-order valence-electron chi connectivity index (χ2n) is 9.09. The van der Waals surface area contributed by atoms with Crippen LogP contribution in [0.5, 0.6) is 0 Å². The summed E-state index contributed by atoms with van der Waals surface area (Å²) >= 11 is 0. The molecule has 1 aliphatic rings. The van der Waals surface area contributed by atoms with E-state index in [4.69, 9.17) is 4.74 Å². The van der Waals surface area contributed by atoms with Gasteiger partial charge in [-0.05, 0) is 82.6 Å². The van der Waals surface area contributed by atoms with Crippen LogP contribution in [0, 0.1) is 11.8 Å². The van der Waals surface area contributed by atoms with E-state index in [0.29, 0.717) is 38.5 Å². The van der Waals surface area contributed by atoms with Crippen LogP contribution in [0.25, 0.3) is 0 Å². The molecule has 0 spiro atoms. The molecule has 0 aliphatic heterocycles. The zero-order valence-electron chi connectivity index (χ0n) is 19.0. The number of ether oxygens (including phenoxy) is 1. The third kappa shape index (κ3) is 9.55. The number of aliphatic hydroxyl groups is 3. The molecule has 5 heteroatoms. The lowest BCUT2D eigenvalue weighted by Crippen LogP contribution is -2.23. The second-order valence-corrected chi connectivity index (χ2v) is 9.09. The van der Waals surface area contributed by atoms with E-state index in [2.05, 4.69) is 18.2 Å². The van der Waals surface area contributed by atoms with Gasteiger partial charge in [0.25, 0.3) is 0 Å². The van der Waals surface area contributed by atoms with E-state index in [0.717, 1.165) is 19.3 Å². The van der Waals surface area contributed by atoms with Crippen LogP contribution >= 0.6 is 0 Å². The van der Waals surface area contributed by atoms with Crippen molar-refractivity contribution >= 4 is 5.97 Å². The molecular weight excluding hydrogens is 392 g/mol. The predicted octanol–water partition coefficient (Wildman–Crippen LogP) is 4.19. The summed E-state index contributed by atoms with van der Waals surface area (Å²) in [5.41, 5.74) is 1.22. The Balaban J connectivity index is 1.70. The molecule has 0 amide bonds. The number of allylic oxidation sites excluding steroid dienone is 2. The second kappa shape index (κ2) is 13.7. The summed E-state index contributed by atoms with van der Waals surface area (Å²) in [6, 6.07) is 10.1. The van der Waals surface area contributed by atoms with Gasteiger partial charge >= 0.3 is 5.97 Å². The molecule has 1 aromatic rings. The quantitative estimate of drug-likeness (QED) is 0.247. The van der Waals surface area contributed by atoms with E-state index < -0.39 is 18.3 Å². The first-order valence-corrected chi connectivity index (χ1v) is 11.8. The summed E-state index contributed by atoms with van der Waals surface area (Å²) in [4.78, 5) is 11.5. The molecule has 2 unspecified atom stereocenters. The minimum absolute atomic E-state index is 0.00652. The number of carbonyl (C=O) groups excluding carboxylic acids is 1. The van der Waals surface area contributed by atoms with Crippen molar-refractivity contribution in [2.45, 2.75) is 96.1 Å². The molecule has 1 saturated carbocycles. The number of carbonyl (C=O) groups is 1. The van der Waals surface area contributed by atoms with E-state index in [1.807, 2.05) is 38.1 Å². The number of benzene rings is 1. The molecule has 3 N–H and O–H groups in total. The molecule has 1 fully saturated rings. The number of hydrogen-bond acceptors (Lipinski definition) is 5. The zero-order chi connectivity index (χ0) is 22.6. The van der Waals surface area contributed by atoms with Crippen LogP contribution in [0.1, 0.15) is 70.8 Å². The van der Waals surface area contributed by atoms with Gasteiger partial charge < -0.3 is 20.1 Å². The summed E-state index contributed by atoms with van der Waals surface area (Å²) in [6.07, 6.45) is 8.58. The first-order valence-electron chi connectivity index (χ1n) is 11.8. The Kier molecular flexibility index (Phi) is 11.3. The van der Waals surface area contributed by atoms with E-state index in [9.17, 15) is 20.1 Å². The molecule has 1 aromatic carbocycles.